The molecule has 0 amide bonds. The number of carbonyl (C=O) groups excluding carboxylic acids is 1. The Labute approximate surface area is 95.8 Å². The lowest BCUT2D eigenvalue weighted by Crippen LogP contribution is -1.99. The third kappa shape index (κ3) is 3.88. The van der Waals surface area contributed by atoms with Gasteiger partial charge in [-0.15, -0.1) is 0 Å². The van der Waals surface area contributed by atoms with Crippen molar-refractivity contribution in [3.63, 3.8) is 0 Å². The molecule has 0 atom stereocenters. The van der Waals surface area contributed by atoms with Crippen molar-refractivity contribution >= 4 is 17.4 Å². The van der Waals surface area contributed by atoms with Crippen molar-refractivity contribution in [3.8, 4) is 0 Å². The number of rotatable bonds is 3. The summed E-state index contributed by atoms with van der Waals surface area (Å²) in [6.07, 6.45) is 2.12. The summed E-state index contributed by atoms with van der Waals surface area (Å²) in [7, 11) is 0. The third-order valence-electron chi connectivity index (χ3n) is 2.05. The van der Waals surface area contributed by atoms with Crippen LogP contribution in [-0.2, 0) is 11.2 Å². The van der Waals surface area contributed by atoms with Gasteiger partial charge in [-0.25, -0.2) is 0 Å². The molecule has 1 aromatic rings. The summed E-state index contributed by atoms with van der Waals surface area (Å²) >= 11 is 5.90. The van der Waals surface area contributed by atoms with Gasteiger partial charge in [0.1, 0.15) is 0 Å². The lowest BCUT2D eigenvalue weighted by Gasteiger charge is -2.02. The lowest BCUT2D eigenvalue weighted by atomic mass is 10.1. The predicted molar refractivity (Wildman–Crippen MR) is 64.3 cm³/mol. The van der Waals surface area contributed by atoms with Gasteiger partial charge >= 0.3 is 0 Å². The van der Waals surface area contributed by atoms with Crippen LogP contribution in [0.15, 0.2) is 29.8 Å². The van der Waals surface area contributed by atoms with Crippen LogP contribution < -0.4 is 0 Å². The molecule has 0 N–H and O–H groups in total. The molecule has 0 fully saturated rings. The largest absolute Gasteiger partial charge is 0.294 e. The highest BCUT2D eigenvalue weighted by Crippen LogP contribution is 2.16. The van der Waals surface area contributed by atoms with Gasteiger partial charge in [-0.3, -0.25) is 4.79 Å². The summed E-state index contributed by atoms with van der Waals surface area (Å²) in [4.78, 5) is 11.5. The van der Waals surface area contributed by atoms with Crippen LogP contribution in [0.5, 0.6) is 0 Å². The van der Waals surface area contributed by atoms with Gasteiger partial charge in [0.05, 0.1) is 0 Å². The first-order valence-electron chi connectivity index (χ1n) is 4.92. The molecule has 0 aliphatic carbocycles. The van der Waals surface area contributed by atoms with Crippen LogP contribution in [0.3, 0.4) is 0 Å². The van der Waals surface area contributed by atoms with E-state index in [2.05, 4.69) is 0 Å². The first-order chi connectivity index (χ1) is 6.99. The number of allylic oxidation sites excluding steroid dienone is 2. The Balaban J connectivity index is 2.78. The van der Waals surface area contributed by atoms with E-state index in [0.717, 1.165) is 21.7 Å². The van der Waals surface area contributed by atoms with Gasteiger partial charge in [0.25, 0.3) is 0 Å². The molecule has 0 aromatic heterocycles. The first kappa shape index (κ1) is 12.0. The summed E-state index contributed by atoms with van der Waals surface area (Å²) < 4.78 is 0. The molecule has 0 aliphatic heterocycles. The molecule has 0 spiro atoms. The molecule has 80 valence electrons. The molecule has 0 bridgehead atoms. The Bertz CT molecular complexity index is 401. The Morgan fingerprint density at radius 1 is 1.40 bits per heavy atom. The van der Waals surface area contributed by atoms with Gasteiger partial charge in [-0.2, -0.15) is 0 Å². The van der Waals surface area contributed by atoms with Crippen LogP contribution in [0.4, 0.5) is 0 Å². The Kier molecular flexibility index (Phi) is 4.10. The van der Waals surface area contributed by atoms with E-state index in [1.54, 1.807) is 6.08 Å². The van der Waals surface area contributed by atoms with Crippen molar-refractivity contribution < 1.29 is 4.79 Å². The van der Waals surface area contributed by atoms with Gasteiger partial charge in [0, 0.05) is 11.4 Å². The fraction of sp³-hybridized carbons (Fsp3) is 0.308. The van der Waals surface area contributed by atoms with Crippen LogP contribution in [0.2, 0.25) is 5.02 Å². The molecule has 1 nitrogen and oxygen atoms in total. The summed E-state index contributed by atoms with van der Waals surface area (Å²) in [6, 6.07) is 5.69. The maximum absolute atomic E-state index is 11.5. The van der Waals surface area contributed by atoms with E-state index in [9.17, 15) is 4.79 Å². The quantitative estimate of drug-likeness (QED) is 0.713. The van der Waals surface area contributed by atoms with E-state index < -0.39 is 0 Å². The van der Waals surface area contributed by atoms with E-state index in [4.69, 9.17) is 11.6 Å². The van der Waals surface area contributed by atoms with Gasteiger partial charge in [-0.1, -0.05) is 29.3 Å². The first-order valence-corrected chi connectivity index (χ1v) is 5.29. The van der Waals surface area contributed by atoms with Crippen LogP contribution in [0, 0.1) is 6.92 Å². The minimum Gasteiger partial charge on any atom is -0.294 e. The SMILES string of the molecule is CC(C)=CC(=O)Cc1ccc(Cl)c(C)c1. The molecule has 0 saturated carbocycles. The average molecular weight is 223 g/mol. The van der Waals surface area contributed by atoms with Crippen molar-refractivity contribution in [2.75, 3.05) is 0 Å². The summed E-state index contributed by atoms with van der Waals surface area (Å²) in [5.41, 5.74) is 3.06. The number of halogens is 1. The normalized spacial score (nSPS) is 9.87. The number of carbonyl (C=O) groups is 1. The van der Waals surface area contributed by atoms with Crippen molar-refractivity contribution in [3.05, 3.63) is 46.0 Å². The zero-order valence-corrected chi connectivity index (χ0v) is 10.1. The summed E-state index contributed by atoms with van der Waals surface area (Å²) in [5.74, 6) is 0.136. The molecule has 0 unspecified atom stereocenters. The van der Waals surface area contributed by atoms with Crippen molar-refractivity contribution in [2.45, 2.75) is 27.2 Å². The maximum atomic E-state index is 11.5. The van der Waals surface area contributed by atoms with Crippen molar-refractivity contribution in [1.29, 1.82) is 0 Å². The fourth-order valence-corrected chi connectivity index (χ4v) is 1.51. The van der Waals surface area contributed by atoms with Crippen molar-refractivity contribution in [2.24, 2.45) is 0 Å². The molecule has 0 saturated heterocycles. The minimum atomic E-state index is 0.136. The highest BCUT2D eigenvalue weighted by molar-refractivity contribution is 6.31. The van der Waals surface area contributed by atoms with Gasteiger partial charge in [0.2, 0.25) is 0 Å². The minimum absolute atomic E-state index is 0.136. The van der Waals surface area contributed by atoms with Gasteiger partial charge in [0.15, 0.2) is 5.78 Å². The summed E-state index contributed by atoms with van der Waals surface area (Å²) in [5, 5.41) is 0.744. The van der Waals surface area contributed by atoms with Gasteiger partial charge in [-0.05, 0) is 44.0 Å². The van der Waals surface area contributed by atoms with E-state index in [-0.39, 0.29) is 5.78 Å². The molecular formula is C13H15ClO. The van der Waals surface area contributed by atoms with Crippen LogP contribution in [0.25, 0.3) is 0 Å². The zero-order valence-electron chi connectivity index (χ0n) is 9.30. The number of ketones is 1. The molecule has 1 aromatic carbocycles. The Hall–Kier alpha value is -1.08. The standard InChI is InChI=1S/C13H15ClO/c1-9(2)6-12(15)8-11-4-5-13(14)10(3)7-11/h4-7H,8H2,1-3H3. The van der Waals surface area contributed by atoms with E-state index >= 15 is 0 Å². The Morgan fingerprint density at radius 3 is 2.60 bits per heavy atom. The highest BCUT2D eigenvalue weighted by atomic mass is 35.5. The number of aryl methyl sites for hydroxylation is 1. The highest BCUT2D eigenvalue weighted by Gasteiger charge is 2.02. The molecule has 0 radical (unpaired) electrons. The van der Waals surface area contributed by atoms with E-state index in [0.29, 0.717) is 6.42 Å². The smallest absolute Gasteiger partial charge is 0.159 e. The van der Waals surface area contributed by atoms with Crippen LogP contribution in [0.1, 0.15) is 25.0 Å². The second kappa shape index (κ2) is 5.13. The average Bonchev–Trinajstić information content (AvgIpc) is 2.10. The van der Waals surface area contributed by atoms with E-state index in [1.165, 1.54) is 0 Å². The summed E-state index contributed by atoms with van der Waals surface area (Å²) in [6.45, 7) is 5.78. The molecule has 0 aliphatic rings. The Morgan fingerprint density at radius 2 is 2.07 bits per heavy atom. The second-order valence-corrected chi connectivity index (χ2v) is 4.36. The topological polar surface area (TPSA) is 17.1 Å². The molecular weight excluding hydrogens is 208 g/mol. The van der Waals surface area contributed by atoms with Gasteiger partial charge < -0.3 is 0 Å². The monoisotopic (exact) mass is 222 g/mol. The zero-order chi connectivity index (χ0) is 11.4. The second-order valence-electron chi connectivity index (χ2n) is 3.95. The third-order valence-corrected chi connectivity index (χ3v) is 2.47. The molecule has 15 heavy (non-hydrogen) atoms. The van der Waals surface area contributed by atoms with Crippen molar-refractivity contribution in [1.82, 2.24) is 0 Å². The van der Waals surface area contributed by atoms with Crippen LogP contribution >= 0.6 is 11.6 Å². The van der Waals surface area contributed by atoms with Crippen LogP contribution in [-0.4, -0.2) is 5.78 Å². The number of benzene rings is 1. The maximum Gasteiger partial charge on any atom is 0.159 e. The molecule has 0 heterocycles. The molecule has 2 heteroatoms. The van der Waals surface area contributed by atoms with E-state index in [1.807, 2.05) is 39.0 Å². The fourth-order valence-electron chi connectivity index (χ4n) is 1.39. The number of hydrogen-bond donors (Lipinski definition) is 0. The molecule has 1 rings (SSSR count). The number of hydrogen-bond acceptors (Lipinski definition) is 1. The predicted octanol–water partition coefficient (Wildman–Crippen LogP) is 3.73. The lowest BCUT2D eigenvalue weighted by molar-refractivity contribution is -0.114.